The quantitative estimate of drug-likeness (QED) is 0.679. The van der Waals surface area contributed by atoms with E-state index in [4.69, 9.17) is 4.98 Å². The molecule has 25 heavy (non-hydrogen) atoms. The van der Waals surface area contributed by atoms with Gasteiger partial charge in [-0.05, 0) is 37.5 Å². The lowest BCUT2D eigenvalue weighted by molar-refractivity contribution is 0.461. The number of pyridine rings is 1. The summed E-state index contributed by atoms with van der Waals surface area (Å²) in [7, 11) is 0. The van der Waals surface area contributed by atoms with Crippen LogP contribution in [0, 0.1) is 6.92 Å². The molecule has 0 aliphatic heterocycles. The minimum absolute atomic E-state index is 0.270. The van der Waals surface area contributed by atoms with Crippen molar-refractivity contribution in [3.05, 3.63) is 65.5 Å². The highest BCUT2D eigenvalue weighted by molar-refractivity contribution is 5.59. The molecular weight excluding hydrogens is 306 g/mol. The van der Waals surface area contributed by atoms with Crippen molar-refractivity contribution in [2.45, 2.75) is 57.9 Å². The van der Waals surface area contributed by atoms with Gasteiger partial charge in [0.1, 0.15) is 11.5 Å². The summed E-state index contributed by atoms with van der Waals surface area (Å²) in [5, 5.41) is 3.86. The molecule has 0 radical (unpaired) electrons. The predicted octanol–water partition coefficient (Wildman–Crippen LogP) is 5.54. The van der Waals surface area contributed by atoms with E-state index in [0.717, 1.165) is 11.3 Å². The number of hydrogen-bond donors (Lipinski definition) is 1. The number of benzene rings is 1. The van der Waals surface area contributed by atoms with E-state index in [1.807, 2.05) is 0 Å². The molecule has 0 bridgehead atoms. The largest absolute Gasteiger partial charge is 0.367 e. The molecule has 1 aliphatic carbocycles. The van der Waals surface area contributed by atoms with Gasteiger partial charge in [0.05, 0.1) is 5.69 Å². The van der Waals surface area contributed by atoms with Crippen LogP contribution < -0.4 is 5.32 Å². The lowest BCUT2D eigenvalue weighted by atomic mass is 9.94. The molecule has 0 spiro atoms. The first kappa shape index (κ1) is 16.2. The molecule has 1 saturated carbocycles. The zero-order valence-electron chi connectivity index (χ0n) is 15.2. The van der Waals surface area contributed by atoms with Gasteiger partial charge in [-0.15, -0.1) is 0 Å². The summed E-state index contributed by atoms with van der Waals surface area (Å²) in [5.41, 5.74) is 4.74. The van der Waals surface area contributed by atoms with E-state index in [2.05, 4.69) is 72.1 Å². The highest BCUT2D eigenvalue weighted by atomic mass is 15.2. The maximum atomic E-state index is 5.02. The van der Waals surface area contributed by atoms with Gasteiger partial charge in [-0.1, -0.05) is 62.6 Å². The number of aromatic nitrogens is 2. The van der Waals surface area contributed by atoms with Crippen molar-refractivity contribution in [3.63, 3.8) is 0 Å². The Bertz CT molecular complexity index is 844. The van der Waals surface area contributed by atoms with Crippen molar-refractivity contribution < 1.29 is 0 Å². The lowest BCUT2D eigenvalue weighted by Crippen LogP contribution is -2.24. The molecule has 130 valence electrons. The Morgan fingerprint density at radius 1 is 1.00 bits per heavy atom. The van der Waals surface area contributed by atoms with Crippen molar-refractivity contribution in [1.82, 2.24) is 9.38 Å². The zero-order valence-corrected chi connectivity index (χ0v) is 15.2. The van der Waals surface area contributed by atoms with Crippen LogP contribution in [-0.2, 0) is 0 Å². The number of anilines is 1. The van der Waals surface area contributed by atoms with Crippen LogP contribution in [0.15, 0.2) is 48.5 Å². The average Bonchev–Trinajstić information content (AvgIpc) is 3.02. The van der Waals surface area contributed by atoms with E-state index in [1.54, 1.807) is 0 Å². The average molecular weight is 333 g/mol. The van der Waals surface area contributed by atoms with Crippen LogP contribution in [0.3, 0.4) is 0 Å². The predicted molar refractivity (Wildman–Crippen MR) is 104 cm³/mol. The fraction of sp³-hybridized carbons (Fsp3) is 0.409. The fourth-order valence-electron chi connectivity index (χ4n) is 4.05. The Balaban J connectivity index is 1.79. The molecule has 4 rings (SSSR count). The number of nitrogens with zero attached hydrogens (tertiary/aromatic N) is 2. The molecular formula is C22H27N3. The summed E-state index contributed by atoms with van der Waals surface area (Å²) >= 11 is 0. The van der Waals surface area contributed by atoms with Crippen molar-refractivity contribution in [3.8, 4) is 0 Å². The van der Waals surface area contributed by atoms with Crippen LogP contribution in [0.4, 0.5) is 5.82 Å². The van der Waals surface area contributed by atoms with Crippen molar-refractivity contribution >= 4 is 11.5 Å². The van der Waals surface area contributed by atoms with Gasteiger partial charge in [-0.3, -0.25) is 4.40 Å². The first-order chi connectivity index (χ1) is 12.2. The van der Waals surface area contributed by atoms with Crippen LogP contribution in [0.25, 0.3) is 5.65 Å². The monoisotopic (exact) mass is 333 g/mol. The van der Waals surface area contributed by atoms with Gasteiger partial charge in [0.2, 0.25) is 0 Å². The molecule has 1 N–H and O–H groups in total. The van der Waals surface area contributed by atoms with Crippen molar-refractivity contribution in [2.75, 3.05) is 5.32 Å². The Hall–Kier alpha value is -2.29. The molecule has 3 nitrogen and oxygen atoms in total. The van der Waals surface area contributed by atoms with Gasteiger partial charge in [-0.2, -0.15) is 0 Å². The molecule has 1 aliphatic rings. The Morgan fingerprint density at radius 3 is 2.52 bits per heavy atom. The highest BCUT2D eigenvalue weighted by Crippen LogP contribution is 2.33. The van der Waals surface area contributed by atoms with E-state index < -0.39 is 0 Å². The third kappa shape index (κ3) is 3.15. The van der Waals surface area contributed by atoms with Gasteiger partial charge >= 0.3 is 0 Å². The van der Waals surface area contributed by atoms with Crippen LogP contribution in [-0.4, -0.2) is 15.4 Å². The first-order valence-corrected chi connectivity index (χ1v) is 9.53. The summed E-state index contributed by atoms with van der Waals surface area (Å²) in [6, 6.07) is 17.6. The summed E-state index contributed by atoms with van der Waals surface area (Å²) in [6.45, 7) is 4.43. The van der Waals surface area contributed by atoms with E-state index in [0.29, 0.717) is 6.04 Å². The topological polar surface area (TPSA) is 29.3 Å². The van der Waals surface area contributed by atoms with Gasteiger partial charge in [0.25, 0.3) is 0 Å². The number of imidazole rings is 1. The number of rotatable bonds is 4. The normalized spacial score (nSPS) is 16.9. The Morgan fingerprint density at radius 2 is 1.76 bits per heavy atom. The number of fused-ring (bicyclic) bond motifs is 1. The number of nitrogens with one attached hydrogen (secondary N) is 1. The third-order valence-electron chi connectivity index (χ3n) is 5.52. The summed E-state index contributed by atoms with van der Waals surface area (Å²) in [4.78, 5) is 5.02. The number of aryl methyl sites for hydroxylation is 1. The minimum atomic E-state index is 0.270. The third-order valence-corrected chi connectivity index (χ3v) is 5.52. The van der Waals surface area contributed by atoms with Gasteiger partial charge in [0, 0.05) is 17.7 Å². The van der Waals surface area contributed by atoms with E-state index in [1.165, 1.54) is 49.2 Å². The molecule has 1 unspecified atom stereocenters. The zero-order chi connectivity index (χ0) is 17.2. The van der Waals surface area contributed by atoms with Crippen LogP contribution in [0.2, 0.25) is 0 Å². The molecule has 3 heteroatoms. The van der Waals surface area contributed by atoms with Crippen LogP contribution in [0.5, 0.6) is 0 Å². The van der Waals surface area contributed by atoms with Crippen LogP contribution in [0.1, 0.15) is 61.9 Å². The molecule has 3 aromatic rings. The molecule has 1 atom stereocenters. The maximum Gasteiger partial charge on any atom is 0.138 e. The van der Waals surface area contributed by atoms with Gasteiger partial charge in [-0.25, -0.2) is 4.98 Å². The summed E-state index contributed by atoms with van der Waals surface area (Å²) in [6.07, 6.45) is 6.56. The SMILES string of the molecule is Cc1cccc2nc(C(C)c3ccccc3)c(NC3CCCCC3)n12. The maximum absolute atomic E-state index is 5.02. The first-order valence-electron chi connectivity index (χ1n) is 9.53. The summed E-state index contributed by atoms with van der Waals surface area (Å²) < 4.78 is 2.30. The van der Waals surface area contributed by atoms with Crippen LogP contribution >= 0.6 is 0 Å². The second kappa shape index (κ2) is 6.91. The highest BCUT2D eigenvalue weighted by Gasteiger charge is 2.23. The molecule has 2 aromatic heterocycles. The fourth-order valence-corrected chi connectivity index (χ4v) is 4.05. The van der Waals surface area contributed by atoms with E-state index in [9.17, 15) is 0 Å². The Kier molecular flexibility index (Phi) is 4.48. The minimum Gasteiger partial charge on any atom is -0.367 e. The van der Waals surface area contributed by atoms with E-state index in [-0.39, 0.29) is 5.92 Å². The molecule has 0 saturated heterocycles. The molecule has 0 amide bonds. The van der Waals surface area contributed by atoms with Gasteiger partial charge in [0.15, 0.2) is 0 Å². The lowest BCUT2D eigenvalue weighted by Gasteiger charge is -2.25. The van der Waals surface area contributed by atoms with E-state index >= 15 is 0 Å². The van der Waals surface area contributed by atoms with Crippen molar-refractivity contribution in [2.24, 2.45) is 0 Å². The molecule has 1 fully saturated rings. The molecule has 1 aromatic carbocycles. The standard InChI is InChI=1S/C22H27N3/c1-16-10-9-15-20-24-21(17(2)18-11-5-3-6-12-18)22(25(16)20)23-19-13-7-4-8-14-19/h3,5-6,9-12,15,17,19,23H,4,7-8,13-14H2,1-2H3. The Labute approximate surface area is 150 Å². The number of hydrogen-bond acceptors (Lipinski definition) is 2. The summed E-state index contributed by atoms with van der Waals surface area (Å²) in [5.74, 6) is 1.46. The smallest absolute Gasteiger partial charge is 0.138 e. The van der Waals surface area contributed by atoms with Crippen molar-refractivity contribution in [1.29, 1.82) is 0 Å². The molecule has 2 heterocycles. The van der Waals surface area contributed by atoms with Gasteiger partial charge < -0.3 is 5.32 Å². The second-order valence-corrected chi connectivity index (χ2v) is 7.32. The second-order valence-electron chi connectivity index (χ2n) is 7.32.